The highest BCUT2D eigenvalue weighted by Gasteiger charge is 2.26. The fraction of sp³-hybridized carbons (Fsp3) is 0.538. The zero-order valence-corrected chi connectivity index (χ0v) is 10.7. The molecule has 2 heterocycles. The molecule has 0 bridgehead atoms. The first-order valence-electron chi connectivity index (χ1n) is 6.60. The Morgan fingerprint density at radius 2 is 1.89 bits per heavy atom. The quantitative estimate of drug-likeness (QED) is 0.732. The maximum atomic E-state index is 12.2. The van der Waals surface area contributed by atoms with Gasteiger partial charge in [-0.1, -0.05) is 0 Å². The van der Waals surface area contributed by atoms with Crippen LogP contribution in [-0.2, 0) is 4.79 Å². The third-order valence-electron chi connectivity index (χ3n) is 3.65. The molecule has 6 heteroatoms. The number of carbonyl (C=O) groups excluding carboxylic acids is 2. The lowest BCUT2D eigenvalue weighted by molar-refractivity contribution is -0.119. The van der Waals surface area contributed by atoms with Crippen molar-refractivity contribution < 1.29 is 9.59 Å². The summed E-state index contributed by atoms with van der Waals surface area (Å²) in [6.45, 7) is 2.29. The average Bonchev–Trinajstić information content (AvgIpc) is 3.31. The summed E-state index contributed by atoms with van der Waals surface area (Å²) in [5.74, 6) is 0.452. The first-order chi connectivity index (χ1) is 9.28. The molecule has 0 atom stereocenters. The van der Waals surface area contributed by atoms with Crippen molar-refractivity contribution in [3.63, 3.8) is 0 Å². The van der Waals surface area contributed by atoms with Gasteiger partial charge >= 0.3 is 0 Å². The van der Waals surface area contributed by atoms with Crippen LogP contribution >= 0.6 is 0 Å². The van der Waals surface area contributed by atoms with Crippen molar-refractivity contribution in [2.24, 2.45) is 0 Å². The highest BCUT2D eigenvalue weighted by atomic mass is 16.2. The van der Waals surface area contributed by atoms with Gasteiger partial charge in [-0.3, -0.25) is 9.59 Å². The summed E-state index contributed by atoms with van der Waals surface area (Å²) >= 11 is 0. The molecule has 0 radical (unpaired) electrons. The van der Waals surface area contributed by atoms with Gasteiger partial charge in [0.25, 0.3) is 5.91 Å². The van der Waals surface area contributed by atoms with Crippen molar-refractivity contribution in [1.29, 1.82) is 0 Å². The van der Waals surface area contributed by atoms with Crippen molar-refractivity contribution in [2.75, 3.05) is 26.2 Å². The van der Waals surface area contributed by atoms with E-state index in [-0.39, 0.29) is 5.91 Å². The summed E-state index contributed by atoms with van der Waals surface area (Å²) < 4.78 is 0. The summed E-state index contributed by atoms with van der Waals surface area (Å²) in [7, 11) is 0. The topological polar surface area (TPSA) is 66.4 Å². The number of hydrogen-bond donors (Lipinski definition) is 0. The van der Waals surface area contributed by atoms with E-state index in [4.69, 9.17) is 0 Å². The Balaban J connectivity index is 1.64. The molecule has 1 aliphatic carbocycles. The van der Waals surface area contributed by atoms with Gasteiger partial charge in [0.1, 0.15) is 0 Å². The van der Waals surface area contributed by atoms with Crippen LogP contribution in [0.5, 0.6) is 0 Å². The summed E-state index contributed by atoms with van der Waals surface area (Å²) in [5, 5.41) is 8.15. The minimum Gasteiger partial charge on any atom is -0.342 e. The van der Waals surface area contributed by atoms with E-state index in [0.29, 0.717) is 37.8 Å². The second kappa shape index (κ2) is 4.95. The van der Waals surface area contributed by atoms with Crippen LogP contribution in [0.2, 0.25) is 0 Å². The summed E-state index contributed by atoms with van der Waals surface area (Å²) in [5.41, 5.74) is 1.38. The van der Waals surface area contributed by atoms with E-state index in [0.717, 1.165) is 12.1 Å². The zero-order chi connectivity index (χ0) is 13.2. The summed E-state index contributed by atoms with van der Waals surface area (Å²) in [6, 6.07) is 3.66. The lowest BCUT2D eigenvalue weighted by Crippen LogP contribution is -2.48. The third-order valence-corrected chi connectivity index (χ3v) is 3.65. The van der Waals surface area contributed by atoms with Gasteiger partial charge in [0, 0.05) is 32.1 Å². The van der Waals surface area contributed by atoms with Gasteiger partial charge < -0.3 is 9.80 Å². The SMILES string of the molecule is O=CN1CCN(C(=O)c2ccc(C3CC3)nn2)CC1. The number of carbonyl (C=O) groups is 2. The molecule has 100 valence electrons. The highest BCUT2D eigenvalue weighted by Crippen LogP contribution is 2.38. The van der Waals surface area contributed by atoms with Crippen LogP contribution in [-0.4, -0.2) is 58.5 Å². The molecule has 1 saturated heterocycles. The molecule has 1 aromatic heterocycles. The van der Waals surface area contributed by atoms with Crippen LogP contribution in [0.1, 0.15) is 34.9 Å². The smallest absolute Gasteiger partial charge is 0.274 e. The average molecular weight is 260 g/mol. The normalized spacial score (nSPS) is 19.4. The second-order valence-corrected chi connectivity index (χ2v) is 5.05. The molecule has 1 aromatic rings. The fourth-order valence-electron chi connectivity index (χ4n) is 2.25. The van der Waals surface area contributed by atoms with Crippen LogP contribution in [0.3, 0.4) is 0 Å². The van der Waals surface area contributed by atoms with E-state index in [1.165, 1.54) is 12.8 Å². The fourth-order valence-corrected chi connectivity index (χ4v) is 2.25. The molecule has 0 spiro atoms. The highest BCUT2D eigenvalue weighted by molar-refractivity contribution is 5.92. The van der Waals surface area contributed by atoms with E-state index in [1.54, 1.807) is 15.9 Å². The Bertz CT molecular complexity index is 476. The number of piperazine rings is 1. The molecular formula is C13H16N4O2. The molecule has 2 fully saturated rings. The number of amides is 2. The molecule has 0 unspecified atom stereocenters. The lowest BCUT2D eigenvalue weighted by Gasteiger charge is -2.32. The molecule has 2 amide bonds. The van der Waals surface area contributed by atoms with Gasteiger partial charge in [-0.25, -0.2) is 0 Å². The van der Waals surface area contributed by atoms with Gasteiger partial charge in [0.15, 0.2) is 5.69 Å². The van der Waals surface area contributed by atoms with Crippen LogP contribution in [0.15, 0.2) is 12.1 Å². The van der Waals surface area contributed by atoms with Crippen molar-refractivity contribution in [3.05, 3.63) is 23.5 Å². The third kappa shape index (κ3) is 2.57. The maximum Gasteiger partial charge on any atom is 0.274 e. The Kier molecular flexibility index (Phi) is 3.15. The molecule has 19 heavy (non-hydrogen) atoms. The van der Waals surface area contributed by atoms with Crippen molar-refractivity contribution in [1.82, 2.24) is 20.0 Å². The van der Waals surface area contributed by atoms with Crippen LogP contribution in [0.4, 0.5) is 0 Å². The number of aromatic nitrogens is 2. The van der Waals surface area contributed by atoms with Gasteiger partial charge in [0.05, 0.1) is 5.69 Å². The molecule has 3 rings (SSSR count). The van der Waals surface area contributed by atoms with E-state index < -0.39 is 0 Å². The van der Waals surface area contributed by atoms with Crippen molar-refractivity contribution >= 4 is 12.3 Å². The Morgan fingerprint density at radius 3 is 2.42 bits per heavy atom. The van der Waals surface area contributed by atoms with Crippen LogP contribution in [0.25, 0.3) is 0 Å². The van der Waals surface area contributed by atoms with E-state index >= 15 is 0 Å². The summed E-state index contributed by atoms with van der Waals surface area (Å²) in [6.07, 6.45) is 3.18. The van der Waals surface area contributed by atoms with Gasteiger partial charge in [-0.15, -0.1) is 5.10 Å². The minimum atomic E-state index is -0.0969. The second-order valence-electron chi connectivity index (χ2n) is 5.05. The number of rotatable bonds is 3. The van der Waals surface area contributed by atoms with Gasteiger partial charge in [-0.05, 0) is 25.0 Å². The lowest BCUT2D eigenvalue weighted by atomic mass is 10.2. The van der Waals surface area contributed by atoms with Crippen molar-refractivity contribution in [3.8, 4) is 0 Å². The predicted octanol–water partition coefficient (Wildman–Crippen LogP) is 0.268. The first-order valence-corrected chi connectivity index (χ1v) is 6.60. The van der Waals surface area contributed by atoms with Crippen LogP contribution < -0.4 is 0 Å². The standard InChI is InChI=1S/C13H16N4O2/c18-9-16-5-7-17(8-6-16)13(19)12-4-3-11(14-15-12)10-1-2-10/h3-4,9-10H,1-2,5-8H2. The molecule has 6 nitrogen and oxygen atoms in total. The van der Waals surface area contributed by atoms with E-state index in [1.807, 2.05) is 6.07 Å². The van der Waals surface area contributed by atoms with Gasteiger partial charge in [-0.2, -0.15) is 5.10 Å². The zero-order valence-electron chi connectivity index (χ0n) is 10.7. The molecular weight excluding hydrogens is 244 g/mol. The van der Waals surface area contributed by atoms with Crippen LogP contribution in [0, 0.1) is 0 Å². The maximum absolute atomic E-state index is 12.2. The molecule has 1 saturated carbocycles. The van der Waals surface area contributed by atoms with Crippen molar-refractivity contribution in [2.45, 2.75) is 18.8 Å². The summed E-state index contributed by atoms with van der Waals surface area (Å²) in [4.78, 5) is 26.2. The number of nitrogens with zero attached hydrogens (tertiary/aromatic N) is 4. The molecule has 1 aliphatic heterocycles. The molecule has 0 N–H and O–H groups in total. The monoisotopic (exact) mass is 260 g/mol. The van der Waals surface area contributed by atoms with E-state index in [2.05, 4.69) is 10.2 Å². The minimum absolute atomic E-state index is 0.0969. The first kappa shape index (κ1) is 12.1. The largest absolute Gasteiger partial charge is 0.342 e. The Morgan fingerprint density at radius 1 is 1.16 bits per heavy atom. The molecule has 0 aromatic carbocycles. The van der Waals surface area contributed by atoms with E-state index in [9.17, 15) is 9.59 Å². The van der Waals surface area contributed by atoms with Gasteiger partial charge in [0.2, 0.25) is 6.41 Å². The molecule has 2 aliphatic rings. The Hall–Kier alpha value is -1.98. The Labute approximate surface area is 111 Å². The predicted molar refractivity (Wildman–Crippen MR) is 67.5 cm³/mol. The number of hydrogen-bond acceptors (Lipinski definition) is 4.